The molecule has 2 unspecified atom stereocenters. The van der Waals surface area contributed by atoms with Crippen LogP contribution in [0, 0.1) is 5.41 Å². The van der Waals surface area contributed by atoms with Crippen LogP contribution in [0.5, 0.6) is 0 Å². The first-order chi connectivity index (χ1) is 15.1. The molecule has 0 amide bonds. The lowest BCUT2D eigenvalue weighted by atomic mass is 9.70. The third kappa shape index (κ3) is 2.42. The number of benzene rings is 1. The van der Waals surface area contributed by atoms with Crippen LogP contribution in [0.25, 0.3) is 33.5 Å². The Balaban J connectivity index is 1.58. The molecular formula is C27H31N5. The van der Waals surface area contributed by atoms with Crippen LogP contribution < -0.4 is 0 Å². The van der Waals surface area contributed by atoms with Gasteiger partial charge in [-0.05, 0) is 41.7 Å². The van der Waals surface area contributed by atoms with Crippen LogP contribution in [0.3, 0.4) is 0 Å². The summed E-state index contributed by atoms with van der Waals surface area (Å²) >= 11 is 0. The molecule has 3 heterocycles. The first kappa shape index (κ1) is 19.7. The highest BCUT2D eigenvalue weighted by atomic mass is 15.2. The van der Waals surface area contributed by atoms with Crippen molar-refractivity contribution in [2.45, 2.75) is 71.1 Å². The van der Waals surface area contributed by atoms with Gasteiger partial charge in [0.05, 0.1) is 11.4 Å². The second-order valence-electron chi connectivity index (χ2n) is 11.5. The van der Waals surface area contributed by atoms with Crippen molar-refractivity contribution in [3.8, 4) is 22.8 Å². The number of nitrogens with one attached hydrogen (secondary N) is 2. The maximum atomic E-state index is 5.18. The van der Waals surface area contributed by atoms with Crippen LogP contribution in [-0.2, 0) is 10.8 Å². The third-order valence-corrected chi connectivity index (χ3v) is 8.54. The summed E-state index contributed by atoms with van der Waals surface area (Å²) in [5.41, 5.74) is 7.94. The zero-order valence-electron chi connectivity index (χ0n) is 19.8. The van der Waals surface area contributed by atoms with E-state index < -0.39 is 0 Å². The van der Waals surface area contributed by atoms with Crippen molar-refractivity contribution >= 4 is 10.8 Å². The van der Waals surface area contributed by atoms with Crippen LogP contribution >= 0.6 is 0 Å². The van der Waals surface area contributed by atoms with E-state index in [0.29, 0.717) is 5.92 Å². The van der Waals surface area contributed by atoms with E-state index in [2.05, 4.69) is 93.2 Å². The van der Waals surface area contributed by atoms with E-state index >= 15 is 0 Å². The predicted octanol–water partition coefficient (Wildman–Crippen LogP) is 6.49. The molecule has 1 aromatic carbocycles. The van der Waals surface area contributed by atoms with Gasteiger partial charge < -0.3 is 0 Å². The maximum Gasteiger partial charge on any atom is 0.115 e. The van der Waals surface area contributed by atoms with Crippen LogP contribution in [0.1, 0.15) is 77.3 Å². The van der Waals surface area contributed by atoms with Gasteiger partial charge in [-0.3, -0.25) is 10.2 Å². The van der Waals surface area contributed by atoms with E-state index in [0.717, 1.165) is 39.2 Å². The molecule has 5 heteroatoms. The fourth-order valence-corrected chi connectivity index (χ4v) is 6.09. The Morgan fingerprint density at radius 2 is 1.72 bits per heavy atom. The van der Waals surface area contributed by atoms with Gasteiger partial charge in [-0.25, -0.2) is 4.98 Å². The largest absolute Gasteiger partial charge is 0.281 e. The highest BCUT2D eigenvalue weighted by Crippen LogP contribution is 2.68. The smallest absolute Gasteiger partial charge is 0.115 e. The van der Waals surface area contributed by atoms with Crippen molar-refractivity contribution in [3.63, 3.8) is 0 Å². The lowest BCUT2D eigenvalue weighted by Crippen LogP contribution is -2.32. The summed E-state index contributed by atoms with van der Waals surface area (Å²) in [5.74, 6) is 0.512. The Bertz CT molecular complexity index is 1370. The molecule has 32 heavy (non-hydrogen) atoms. The first-order valence-corrected chi connectivity index (χ1v) is 11.7. The zero-order chi connectivity index (χ0) is 22.5. The number of hydrogen-bond acceptors (Lipinski definition) is 3. The Morgan fingerprint density at radius 3 is 2.47 bits per heavy atom. The van der Waals surface area contributed by atoms with E-state index in [9.17, 15) is 0 Å². The number of aromatic amines is 2. The molecule has 2 N–H and O–H groups in total. The molecule has 6 rings (SSSR count). The van der Waals surface area contributed by atoms with E-state index in [4.69, 9.17) is 10.1 Å². The van der Waals surface area contributed by atoms with Gasteiger partial charge in [0.1, 0.15) is 11.4 Å². The number of hydrogen-bond donors (Lipinski definition) is 2. The fourth-order valence-electron chi connectivity index (χ4n) is 6.09. The summed E-state index contributed by atoms with van der Waals surface area (Å²) in [7, 11) is 0. The SMILES string of the molecule is CC(C)(C)c1cc(-c2cc3ccccc3c(-c3n[nH]c4c3C3CCC4(C)C3(C)C)n2)n[nH]1. The van der Waals surface area contributed by atoms with Crippen LogP contribution in [-0.4, -0.2) is 25.4 Å². The van der Waals surface area contributed by atoms with Crippen molar-refractivity contribution in [3.05, 3.63) is 53.3 Å². The first-order valence-electron chi connectivity index (χ1n) is 11.7. The Morgan fingerprint density at radius 1 is 0.938 bits per heavy atom. The van der Waals surface area contributed by atoms with Gasteiger partial charge in [0.25, 0.3) is 0 Å². The number of pyridine rings is 1. The molecule has 3 aromatic heterocycles. The summed E-state index contributed by atoms with van der Waals surface area (Å²) < 4.78 is 0. The Labute approximate surface area is 189 Å². The average Bonchev–Trinajstić information content (AvgIpc) is 3.48. The standard InChI is InChI=1S/C27H31N5/c1-25(2,3)20-14-19(29-30-20)18-13-15-9-7-8-10-16(15)22(28-18)23-21-17-11-12-27(6,26(17,4)5)24(21)32-31-23/h7-10,13-14,17H,11-12H2,1-6H3,(H,29,30)(H,31,32). The summed E-state index contributed by atoms with van der Waals surface area (Å²) in [6, 6.07) is 12.8. The van der Waals surface area contributed by atoms with Crippen molar-refractivity contribution < 1.29 is 0 Å². The molecular weight excluding hydrogens is 394 g/mol. The van der Waals surface area contributed by atoms with Gasteiger partial charge in [-0.15, -0.1) is 0 Å². The minimum atomic E-state index is 0.00814. The molecule has 4 aromatic rings. The molecule has 0 saturated heterocycles. The number of nitrogens with zero attached hydrogens (tertiary/aromatic N) is 3. The van der Waals surface area contributed by atoms with Gasteiger partial charge in [0, 0.05) is 33.2 Å². The zero-order valence-corrected chi connectivity index (χ0v) is 19.8. The molecule has 5 nitrogen and oxygen atoms in total. The van der Waals surface area contributed by atoms with Crippen molar-refractivity contribution in [2.24, 2.45) is 5.41 Å². The van der Waals surface area contributed by atoms with Gasteiger partial charge in [0.2, 0.25) is 0 Å². The molecule has 2 aliphatic rings. The number of aromatic nitrogens is 5. The topological polar surface area (TPSA) is 70.2 Å². The summed E-state index contributed by atoms with van der Waals surface area (Å²) in [5, 5.41) is 18.5. The minimum absolute atomic E-state index is 0.00814. The fraction of sp³-hybridized carbons (Fsp3) is 0.444. The molecule has 1 fully saturated rings. The van der Waals surface area contributed by atoms with Gasteiger partial charge in [-0.2, -0.15) is 10.2 Å². The Kier molecular flexibility index (Phi) is 3.75. The average molecular weight is 426 g/mol. The second-order valence-corrected chi connectivity index (χ2v) is 11.5. The molecule has 2 aliphatic carbocycles. The molecule has 2 bridgehead atoms. The highest BCUT2D eigenvalue weighted by Gasteiger charge is 2.61. The lowest BCUT2D eigenvalue weighted by molar-refractivity contribution is 0.225. The van der Waals surface area contributed by atoms with E-state index in [1.807, 2.05) is 0 Å². The van der Waals surface area contributed by atoms with Gasteiger partial charge in [0.15, 0.2) is 0 Å². The minimum Gasteiger partial charge on any atom is -0.281 e. The number of fused-ring (bicyclic) bond motifs is 6. The molecule has 0 spiro atoms. The summed E-state index contributed by atoms with van der Waals surface area (Å²) in [4.78, 5) is 5.18. The lowest BCUT2D eigenvalue weighted by Gasteiger charge is -2.34. The van der Waals surface area contributed by atoms with Crippen LogP contribution in [0.2, 0.25) is 0 Å². The highest BCUT2D eigenvalue weighted by molar-refractivity contribution is 5.97. The van der Waals surface area contributed by atoms with Crippen molar-refractivity contribution in [1.29, 1.82) is 0 Å². The number of rotatable bonds is 2. The van der Waals surface area contributed by atoms with Crippen molar-refractivity contribution in [1.82, 2.24) is 25.4 Å². The van der Waals surface area contributed by atoms with Gasteiger partial charge >= 0.3 is 0 Å². The quantitative estimate of drug-likeness (QED) is 0.386. The molecule has 0 aliphatic heterocycles. The van der Waals surface area contributed by atoms with E-state index in [1.165, 1.54) is 24.1 Å². The summed E-state index contributed by atoms with van der Waals surface area (Å²) in [6.07, 6.45) is 2.44. The van der Waals surface area contributed by atoms with E-state index in [1.54, 1.807) is 0 Å². The predicted molar refractivity (Wildman–Crippen MR) is 129 cm³/mol. The van der Waals surface area contributed by atoms with Crippen molar-refractivity contribution in [2.75, 3.05) is 0 Å². The monoisotopic (exact) mass is 425 g/mol. The molecule has 2 atom stereocenters. The number of H-pyrrole nitrogens is 2. The molecule has 164 valence electrons. The second kappa shape index (κ2) is 6.09. The summed E-state index contributed by atoms with van der Waals surface area (Å²) in [6.45, 7) is 13.8. The Hall–Kier alpha value is -2.95. The van der Waals surface area contributed by atoms with E-state index in [-0.39, 0.29) is 16.2 Å². The van der Waals surface area contributed by atoms with Crippen LogP contribution in [0.4, 0.5) is 0 Å². The normalized spacial score (nSPS) is 23.8. The molecule has 1 saturated carbocycles. The van der Waals surface area contributed by atoms with Gasteiger partial charge in [-0.1, -0.05) is 65.8 Å². The maximum absolute atomic E-state index is 5.18. The molecule has 0 radical (unpaired) electrons. The van der Waals surface area contributed by atoms with Crippen LogP contribution in [0.15, 0.2) is 36.4 Å². The third-order valence-electron chi connectivity index (χ3n) is 8.54.